The lowest BCUT2D eigenvalue weighted by Crippen LogP contribution is -2.60. The maximum absolute atomic E-state index is 12.7. The third kappa shape index (κ3) is 4.07. The third-order valence-electron chi connectivity index (χ3n) is 5.79. The van der Waals surface area contributed by atoms with Gasteiger partial charge in [-0.05, 0) is 39.3 Å². The fraction of sp³-hybridized carbons (Fsp3) is 0.600. The van der Waals surface area contributed by atoms with Crippen LogP contribution in [0.25, 0.3) is 5.57 Å². The summed E-state index contributed by atoms with van der Waals surface area (Å²) in [5, 5.41) is 13.7. The first-order chi connectivity index (χ1) is 14.0. The van der Waals surface area contributed by atoms with Crippen LogP contribution in [0.2, 0.25) is 5.02 Å². The van der Waals surface area contributed by atoms with Crippen molar-refractivity contribution in [3.63, 3.8) is 0 Å². The molecule has 3 unspecified atom stereocenters. The van der Waals surface area contributed by atoms with Crippen LogP contribution in [-0.2, 0) is 0 Å². The largest absolute Gasteiger partial charge is 0.453 e. The number of nitrogens with zero attached hydrogens (tertiary/aromatic N) is 1. The molecule has 3 aliphatic heterocycles. The van der Waals surface area contributed by atoms with Gasteiger partial charge in [-0.2, -0.15) is 0 Å². The van der Waals surface area contributed by atoms with Crippen molar-refractivity contribution >= 4 is 22.9 Å². The molecule has 1 fully saturated rings. The highest BCUT2D eigenvalue weighted by molar-refractivity contribution is 6.35. The van der Waals surface area contributed by atoms with E-state index in [1.807, 2.05) is 6.07 Å². The van der Waals surface area contributed by atoms with Gasteiger partial charge in [0.25, 0.3) is 6.17 Å². The number of hydrogen-bond acceptors (Lipinski definition) is 7. The van der Waals surface area contributed by atoms with Gasteiger partial charge in [0.05, 0.1) is 15.5 Å². The van der Waals surface area contributed by atoms with Crippen molar-refractivity contribution in [2.75, 3.05) is 25.7 Å². The lowest BCUT2D eigenvalue weighted by Gasteiger charge is -2.28. The highest BCUT2D eigenvalue weighted by Crippen LogP contribution is 2.48. The Morgan fingerprint density at radius 2 is 2.10 bits per heavy atom. The van der Waals surface area contributed by atoms with E-state index in [1.54, 1.807) is 7.05 Å². The summed E-state index contributed by atoms with van der Waals surface area (Å²) < 4.78 is 12.4. The summed E-state index contributed by atoms with van der Waals surface area (Å²) in [6.07, 6.45) is 3.90. The van der Waals surface area contributed by atoms with Gasteiger partial charge >= 0.3 is 6.29 Å². The molecule has 0 amide bonds. The lowest BCUT2D eigenvalue weighted by molar-refractivity contribution is -0.636. The summed E-state index contributed by atoms with van der Waals surface area (Å²) in [7, 11) is 1.80. The molecule has 0 bridgehead atoms. The Labute approximate surface area is 175 Å². The molecule has 158 valence electrons. The van der Waals surface area contributed by atoms with Gasteiger partial charge in [0, 0.05) is 41.6 Å². The molecule has 3 aliphatic rings. The van der Waals surface area contributed by atoms with Gasteiger partial charge in [-0.25, -0.2) is 5.32 Å². The summed E-state index contributed by atoms with van der Waals surface area (Å²) in [6.45, 7) is 5.18. The minimum atomic E-state index is -0.605. The number of fused-ring (bicyclic) bond motifs is 1. The van der Waals surface area contributed by atoms with Gasteiger partial charge in [-0.3, -0.25) is 5.32 Å². The second-order valence-electron chi connectivity index (χ2n) is 7.94. The van der Waals surface area contributed by atoms with Crippen LogP contribution in [0.4, 0.5) is 5.69 Å². The zero-order chi connectivity index (χ0) is 20.5. The van der Waals surface area contributed by atoms with Crippen molar-refractivity contribution in [3.8, 4) is 11.5 Å². The van der Waals surface area contributed by atoms with Gasteiger partial charge in [0.15, 0.2) is 11.5 Å². The molecule has 0 spiro atoms. The molecule has 1 saturated heterocycles. The number of hydrogen-bond donors (Lipinski definition) is 4. The number of nitroso groups, excluding NO2 is 1. The number of rotatable bonds is 4. The van der Waals surface area contributed by atoms with E-state index >= 15 is 0 Å². The Morgan fingerprint density at radius 1 is 1.28 bits per heavy atom. The second-order valence-corrected chi connectivity index (χ2v) is 8.32. The fourth-order valence-electron chi connectivity index (χ4n) is 4.13. The highest BCUT2D eigenvalue weighted by atomic mass is 35.5. The van der Waals surface area contributed by atoms with E-state index in [0.717, 1.165) is 41.7 Å². The molecular weight excluding hydrogens is 394 g/mol. The molecule has 8 nitrogen and oxygen atoms in total. The maximum atomic E-state index is 12.7. The Kier molecular flexibility index (Phi) is 5.96. The first-order valence-corrected chi connectivity index (χ1v) is 10.6. The molecule has 0 aliphatic carbocycles. The maximum Gasteiger partial charge on any atom is 0.335 e. The average Bonchev–Trinajstić information content (AvgIpc) is 3.05. The molecular formula is C20H29ClN5O3+. The zero-order valence-corrected chi connectivity index (χ0v) is 17.8. The third-order valence-corrected chi connectivity index (χ3v) is 6.18. The van der Waals surface area contributed by atoms with Gasteiger partial charge < -0.3 is 20.1 Å². The number of nitrogens with one attached hydrogen (secondary N) is 4. The molecule has 1 aromatic carbocycles. The molecule has 3 heterocycles. The molecule has 4 N–H and O–H groups in total. The van der Waals surface area contributed by atoms with E-state index in [1.165, 1.54) is 0 Å². The summed E-state index contributed by atoms with van der Waals surface area (Å²) >= 11 is 6.87. The van der Waals surface area contributed by atoms with E-state index < -0.39 is 6.29 Å². The van der Waals surface area contributed by atoms with Crippen LogP contribution in [0.15, 0.2) is 12.1 Å². The number of ether oxygens (including phenoxy) is 2. The van der Waals surface area contributed by atoms with Crippen molar-refractivity contribution in [2.24, 2.45) is 0 Å². The first-order valence-electron chi connectivity index (χ1n) is 10.2. The van der Waals surface area contributed by atoms with Crippen LogP contribution in [0.3, 0.4) is 0 Å². The van der Waals surface area contributed by atoms with E-state index in [9.17, 15) is 4.91 Å². The normalized spacial score (nSPS) is 29.4. The Morgan fingerprint density at radius 3 is 2.90 bits per heavy atom. The molecule has 0 aromatic heterocycles. The summed E-state index contributed by atoms with van der Waals surface area (Å²) in [5.41, 5.74) is 2.64. The van der Waals surface area contributed by atoms with Crippen LogP contribution in [-0.4, -0.2) is 49.7 Å². The van der Waals surface area contributed by atoms with Crippen LogP contribution >= 0.6 is 11.6 Å². The monoisotopic (exact) mass is 422 g/mol. The van der Waals surface area contributed by atoms with E-state index in [4.69, 9.17) is 21.1 Å². The SMILES string of the molecule is CNC1CC(C)NC(Nc2cc3c(c(C4=CCN[C@H](C)CC4)c2Cl)OCO3)[N+]1=O. The summed E-state index contributed by atoms with van der Waals surface area (Å²) in [4.78, 5) is 12.7. The van der Waals surface area contributed by atoms with Crippen molar-refractivity contribution in [2.45, 2.75) is 57.6 Å². The molecule has 9 heteroatoms. The average molecular weight is 423 g/mol. The van der Waals surface area contributed by atoms with Crippen LogP contribution in [0.5, 0.6) is 11.5 Å². The number of anilines is 1. The van der Waals surface area contributed by atoms with E-state index in [-0.39, 0.29) is 19.0 Å². The first kappa shape index (κ1) is 20.4. The Hall–Kier alpha value is -1.87. The standard InChI is InChI=1S/C20H29ClN5O3/c1-11-4-5-13(6-7-23-11)17-18(21)14(9-15-19(17)29-10-28-15)25-20-24-12(2)8-16(22-3)26(20)27/h6,9,11-12,16,20,22-25H,4-5,7-8,10H2,1-3H3/q+1/t11-,12?,16?,20?/m1/s1. The lowest BCUT2D eigenvalue weighted by atomic mass is 9.97. The van der Waals surface area contributed by atoms with Gasteiger partial charge in [-0.1, -0.05) is 17.7 Å². The molecule has 0 saturated carbocycles. The number of allylic oxidation sites excluding steroid dienone is 1. The predicted octanol–water partition coefficient (Wildman–Crippen LogP) is 2.63. The summed E-state index contributed by atoms with van der Waals surface area (Å²) in [5.74, 6) is 1.32. The zero-order valence-electron chi connectivity index (χ0n) is 17.0. The minimum absolute atomic E-state index is 0.165. The van der Waals surface area contributed by atoms with Gasteiger partial charge in [0.2, 0.25) is 6.79 Å². The number of benzene rings is 1. The second kappa shape index (κ2) is 8.47. The van der Waals surface area contributed by atoms with Crippen LogP contribution in [0, 0.1) is 4.91 Å². The van der Waals surface area contributed by atoms with Crippen molar-refractivity contribution < 1.29 is 14.2 Å². The van der Waals surface area contributed by atoms with Crippen molar-refractivity contribution in [3.05, 3.63) is 27.6 Å². The van der Waals surface area contributed by atoms with Gasteiger partial charge in [0.1, 0.15) is 0 Å². The Bertz CT molecular complexity index is 831. The van der Waals surface area contributed by atoms with Gasteiger partial charge in [-0.15, -0.1) is 0 Å². The minimum Gasteiger partial charge on any atom is -0.453 e. The highest BCUT2D eigenvalue weighted by Gasteiger charge is 2.41. The predicted molar refractivity (Wildman–Crippen MR) is 113 cm³/mol. The van der Waals surface area contributed by atoms with Crippen molar-refractivity contribution in [1.29, 1.82) is 0 Å². The number of halogens is 1. The molecule has 1 aromatic rings. The van der Waals surface area contributed by atoms with Crippen molar-refractivity contribution in [1.82, 2.24) is 16.0 Å². The molecule has 4 atom stereocenters. The topological polar surface area (TPSA) is 86.7 Å². The molecule has 29 heavy (non-hydrogen) atoms. The van der Waals surface area contributed by atoms with E-state index in [0.29, 0.717) is 28.3 Å². The van der Waals surface area contributed by atoms with Crippen LogP contribution in [0.1, 0.15) is 38.7 Å². The Balaban J connectivity index is 1.68. The quantitative estimate of drug-likeness (QED) is 0.555. The van der Waals surface area contributed by atoms with E-state index in [2.05, 4.69) is 41.2 Å². The summed E-state index contributed by atoms with van der Waals surface area (Å²) in [6, 6.07) is 2.43. The molecule has 4 rings (SSSR count). The van der Waals surface area contributed by atoms with Crippen LogP contribution < -0.4 is 30.7 Å². The molecule has 0 radical (unpaired) electrons. The fourth-order valence-corrected chi connectivity index (χ4v) is 4.44. The smallest absolute Gasteiger partial charge is 0.335 e.